The minimum Gasteiger partial charge on any atom is -0.444 e. The van der Waals surface area contributed by atoms with Gasteiger partial charge >= 0.3 is 13.2 Å². The third-order valence-electron chi connectivity index (χ3n) is 6.93. The molecular weight excluding hydrogens is 449 g/mol. The normalized spacial score (nSPS) is 20.9. The summed E-state index contributed by atoms with van der Waals surface area (Å²) in [7, 11) is 1.48. The minimum absolute atomic E-state index is 0.111. The second kappa shape index (κ2) is 9.93. The van der Waals surface area contributed by atoms with Crippen LogP contribution < -0.4 is 15.7 Å². The smallest absolute Gasteiger partial charge is 0.444 e. The molecule has 2 aliphatic rings. The Balaban J connectivity index is 1.51. The Hall–Kier alpha value is -2.40. The van der Waals surface area contributed by atoms with Crippen molar-refractivity contribution >= 4 is 30.5 Å². The van der Waals surface area contributed by atoms with Crippen LogP contribution in [-0.4, -0.2) is 83.0 Å². The molecule has 1 atom stereocenters. The van der Waals surface area contributed by atoms with E-state index in [4.69, 9.17) is 14.0 Å². The predicted octanol–water partition coefficient (Wildman–Crippen LogP) is 2.12. The third kappa shape index (κ3) is 6.44. The van der Waals surface area contributed by atoms with Gasteiger partial charge in [0.2, 0.25) is 11.9 Å². The van der Waals surface area contributed by atoms with Crippen LogP contribution in [0.3, 0.4) is 0 Å². The van der Waals surface area contributed by atoms with Gasteiger partial charge in [0.25, 0.3) is 0 Å². The van der Waals surface area contributed by atoms with Gasteiger partial charge in [-0.1, -0.05) is 0 Å². The second-order valence-corrected chi connectivity index (χ2v) is 11.4. The molecule has 0 aromatic carbocycles. The second-order valence-electron chi connectivity index (χ2n) is 11.4. The molecule has 0 radical (unpaired) electrons. The van der Waals surface area contributed by atoms with Gasteiger partial charge < -0.3 is 29.2 Å². The number of piperidine rings is 1. The van der Waals surface area contributed by atoms with Crippen molar-refractivity contribution in [1.29, 1.82) is 0 Å². The van der Waals surface area contributed by atoms with Gasteiger partial charge in [0.1, 0.15) is 11.6 Å². The molecule has 194 valence electrons. The first-order chi connectivity index (χ1) is 16.1. The van der Waals surface area contributed by atoms with Crippen molar-refractivity contribution in [1.82, 2.24) is 20.2 Å². The zero-order valence-corrected chi connectivity index (χ0v) is 22.5. The zero-order valence-electron chi connectivity index (χ0n) is 22.5. The summed E-state index contributed by atoms with van der Waals surface area (Å²) in [5.74, 6) is 0.509. The maximum atomic E-state index is 12.8. The molecule has 2 fully saturated rings. The number of nitrogens with zero attached hydrogens (tertiary/aromatic N) is 4. The van der Waals surface area contributed by atoms with E-state index in [9.17, 15) is 9.59 Å². The molecule has 0 bridgehead atoms. The van der Waals surface area contributed by atoms with Gasteiger partial charge in [0.05, 0.1) is 11.2 Å². The average molecular weight is 489 g/mol. The maximum absolute atomic E-state index is 12.8. The number of anilines is 1. The first-order valence-corrected chi connectivity index (χ1v) is 12.3. The van der Waals surface area contributed by atoms with E-state index in [1.807, 2.05) is 34.7 Å². The van der Waals surface area contributed by atoms with E-state index in [2.05, 4.69) is 20.2 Å². The number of amides is 2. The Morgan fingerprint density at radius 2 is 1.66 bits per heavy atom. The van der Waals surface area contributed by atoms with Crippen molar-refractivity contribution in [2.75, 3.05) is 25.0 Å². The zero-order chi connectivity index (χ0) is 26.2. The minimum atomic E-state index is -0.648. The first kappa shape index (κ1) is 27.2. The van der Waals surface area contributed by atoms with Gasteiger partial charge in [0, 0.05) is 44.0 Å². The SMILES string of the molecule is CC(NC(=O)OC(C)(C)C)C(=O)N1CCC(N(C)c2ncc(B3OC(C)(C)C(C)(C)O3)cn2)CC1. The van der Waals surface area contributed by atoms with Crippen molar-refractivity contribution in [2.45, 2.75) is 97.1 Å². The van der Waals surface area contributed by atoms with Crippen LogP contribution in [0.4, 0.5) is 10.7 Å². The Labute approximate surface area is 209 Å². The van der Waals surface area contributed by atoms with E-state index in [0.717, 1.165) is 18.3 Å². The Morgan fingerprint density at radius 1 is 1.14 bits per heavy atom. The van der Waals surface area contributed by atoms with Crippen LogP contribution in [0, 0.1) is 0 Å². The molecule has 2 amide bonds. The molecule has 11 heteroatoms. The maximum Gasteiger partial charge on any atom is 0.498 e. The lowest BCUT2D eigenvalue weighted by atomic mass is 9.81. The number of rotatable bonds is 5. The molecule has 3 rings (SSSR count). The Morgan fingerprint density at radius 3 is 2.14 bits per heavy atom. The van der Waals surface area contributed by atoms with Gasteiger partial charge in [-0.3, -0.25) is 4.79 Å². The third-order valence-corrected chi connectivity index (χ3v) is 6.93. The van der Waals surface area contributed by atoms with Gasteiger partial charge in [-0.2, -0.15) is 0 Å². The summed E-state index contributed by atoms with van der Waals surface area (Å²) in [4.78, 5) is 37.7. The summed E-state index contributed by atoms with van der Waals surface area (Å²) in [6.45, 7) is 16.3. The lowest BCUT2D eigenvalue weighted by Crippen LogP contribution is -2.52. The lowest BCUT2D eigenvalue weighted by Gasteiger charge is -2.37. The number of carbonyl (C=O) groups excluding carboxylic acids is 2. The number of carbonyl (C=O) groups is 2. The number of ether oxygens (including phenoxy) is 1. The van der Waals surface area contributed by atoms with Crippen molar-refractivity contribution in [3.05, 3.63) is 12.4 Å². The molecule has 2 aliphatic heterocycles. The summed E-state index contributed by atoms with van der Waals surface area (Å²) < 4.78 is 17.4. The predicted molar refractivity (Wildman–Crippen MR) is 135 cm³/mol. The molecule has 1 N–H and O–H groups in total. The van der Waals surface area contributed by atoms with Crippen molar-refractivity contribution in [3.8, 4) is 0 Å². The summed E-state index contributed by atoms with van der Waals surface area (Å²) in [6.07, 6.45) is 4.48. The van der Waals surface area contributed by atoms with E-state index in [1.165, 1.54) is 0 Å². The molecule has 1 unspecified atom stereocenters. The molecule has 0 spiro atoms. The highest BCUT2D eigenvalue weighted by atomic mass is 16.7. The number of likely N-dealkylation sites (tertiary alicyclic amines) is 1. The molecule has 1 aromatic rings. The number of alkyl carbamates (subject to hydrolysis) is 1. The highest BCUT2D eigenvalue weighted by molar-refractivity contribution is 6.61. The first-order valence-electron chi connectivity index (χ1n) is 12.3. The van der Waals surface area contributed by atoms with E-state index in [-0.39, 0.29) is 11.9 Å². The van der Waals surface area contributed by atoms with Crippen molar-refractivity contribution < 1.29 is 23.6 Å². The largest absolute Gasteiger partial charge is 0.498 e. The molecule has 0 saturated carbocycles. The van der Waals surface area contributed by atoms with E-state index in [0.29, 0.717) is 19.0 Å². The monoisotopic (exact) mass is 489 g/mol. The highest BCUT2D eigenvalue weighted by Gasteiger charge is 2.52. The fraction of sp³-hybridized carbons (Fsp3) is 0.750. The lowest BCUT2D eigenvalue weighted by molar-refractivity contribution is -0.134. The van der Waals surface area contributed by atoms with E-state index < -0.39 is 36.1 Å². The van der Waals surface area contributed by atoms with Crippen LogP contribution in [0.5, 0.6) is 0 Å². The van der Waals surface area contributed by atoms with Gasteiger partial charge in [0.15, 0.2) is 0 Å². The van der Waals surface area contributed by atoms with E-state index in [1.54, 1.807) is 45.0 Å². The number of hydrogen-bond acceptors (Lipinski definition) is 8. The summed E-state index contributed by atoms with van der Waals surface area (Å²) in [5.41, 5.74) is -0.662. The fourth-order valence-corrected chi connectivity index (χ4v) is 4.07. The number of hydrogen-bond donors (Lipinski definition) is 1. The van der Waals surface area contributed by atoms with Crippen LogP contribution >= 0.6 is 0 Å². The summed E-state index contributed by atoms with van der Waals surface area (Å²) in [5, 5.41) is 2.63. The fourth-order valence-electron chi connectivity index (χ4n) is 4.07. The van der Waals surface area contributed by atoms with Crippen molar-refractivity contribution in [3.63, 3.8) is 0 Å². The molecule has 2 saturated heterocycles. The standard InChI is InChI=1S/C24H40BN5O5/c1-16(28-21(32)33-22(2,3)4)19(31)30-12-10-18(11-13-30)29(9)20-26-14-17(15-27-20)25-34-23(5,6)24(7,8)35-25/h14-16,18H,10-13H2,1-9H3,(H,28,32). The quantitative estimate of drug-likeness (QED) is 0.627. The molecule has 35 heavy (non-hydrogen) atoms. The van der Waals surface area contributed by atoms with Crippen LogP contribution in [0.15, 0.2) is 12.4 Å². The van der Waals surface area contributed by atoms with Crippen LogP contribution in [-0.2, 0) is 18.8 Å². The van der Waals surface area contributed by atoms with Crippen LogP contribution in [0.1, 0.15) is 68.2 Å². The van der Waals surface area contributed by atoms with Crippen LogP contribution in [0.2, 0.25) is 0 Å². The topological polar surface area (TPSA) is 106 Å². The van der Waals surface area contributed by atoms with E-state index >= 15 is 0 Å². The molecule has 1 aromatic heterocycles. The highest BCUT2D eigenvalue weighted by Crippen LogP contribution is 2.36. The molecule has 10 nitrogen and oxygen atoms in total. The summed E-state index contributed by atoms with van der Waals surface area (Å²) in [6, 6.07) is -0.444. The number of nitrogens with one attached hydrogen (secondary N) is 1. The summed E-state index contributed by atoms with van der Waals surface area (Å²) >= 11 is 0. The number of aromatic nitrogens is 2. The average Bonchev–Trinajstić information content (AvgIpc) is 2.98. The Kier molecular flexibility index (Phi) is 7.71. The van der Waals surface area contributed by atoms with Crippen LogP contribution in [0.25, 0.3) is 0 Å². The van der Waals surface area contributed by atoms with Crippen molar-refractivity contribution in [2.24, 2.45) is 0 Å². The van der Waals surface area contributed by atoms with Gasteiger partial charge in [-0.25, -0.2) is 14.8 Å². The van der Waals surface area contributed by atoms with Gasteiger partial charge in [-0.05, 0) is 68.2 Å². The molecule has 0 aliphatic carbocycles. The molecular formula is C24H40BN5O5. The van der Waals surface area contributed by atoms with Gasteiger partial charge in [-0.15, -0.1) is 0 Å². The molecule has 3 heterocycles. The Bertz CT molecular complexity index is 894.